The number of alkyl halides is 1. The predicted octanol–water partition coefficient (Wildman–Crippen LogP) is 0.751. The monoisotopic (exact) mass is 210 g/mol. The molecule has 0 aromatic rings. The number of hydrogen-bond donors (Lipinski definition) is 0. The number of carbonyl (C=O) groups excluding carboxylic acids is 2. The Kier molecular flexibility index (Phi) is 6.30. The average Bonchev–Trinajstić information content (AvgIpc) is 2.13. The van der Waals surface area contributed by atoms with E-state index in [2.05, 4.69) is 9.47 Å². The van der Waals surface area contributed by atoms with Crippen LogP contribution in [-0.2, 0) is 19.1 Å². The van der Waals surface area contributed by atoms with Crippen molar-refractivity contribution in [1.82, 2.24) is 0 Å². The molecule has 0 aliphatic heterocycles. The van der Waals surface area contributed by atoms with Gasteiger partial charge in [-0.15, -0.1) is 11.8 Å². The third-order valence-electron chi connectivity index (χ3n) is 1.05. The Hall–Kier alpha value is -0.780. The predicted molar refractivity (Wildman–Crippen MR) is 46.0 cm³/mol. The molecule has 0 amide bonds. The number of esters is 2. The summed E-state index contributed by atoms with van der Waals surface area (Å²) in [5, 5.41) is 0. The van der Waals surface area contributed by atoms with Crippen LogP contribution in [0.15, 0.2) is 0 Å². The fourth-order valence-corrected chi connectivity index (χ4v) is 1.08. The van der Waals surface area contributed by atoms with Crippen LogP contribution in [0, 0.1) is 0 Å². The van der Waals surface area contributed by atoms with Gasteiger partial charge in [0.25, 0.3) is 0 Å². The van der Waals surface area contributed by atoms with E-state index in [9.17, 15) is 14.0 Å². The highest BCUT2D eigenvalue weighted by molar-refractivity contribution is 8.01. The Morgan fingerprint density at radius 1 is 1.54 bits per heavy atom. The van der Waals surface area contributed by atoms with Crippen molar-refractivity contribution in [1.29, 1.82) is 0 Å². The molecule has 13 heavy (non-hydrogen) atoms. The third kappa shape index (κ3) is 5.46. The molecular weight excluding hydrogens is 199 g/mol. The van der Waals surface area contributed by atoms with E-state index in [-0.39, 0.29) is 12.4 Å². The smallest absolute Gasteiger partial charge is 0.351 e. The second-order valence-corrected chi connectivity index (χ2v) is 2.99. The molecular formula is C7H11FO4S. The largest absolute Gasteiger partial charge is 0.468 e. The molecule has 4 nitrogen and oxygen atoms in total. The van der Waals surface area contributed by atoms with Gasteiger partial charge in [0.2, 0.25) is 5.50 Å². The molecule has 0 aromatic carbocycles. The molecule has 0 aliphatic rings. The Labute approximate surface area is 79.8 Å². The number of ether oxygens (including phenoxy) is 2. The van der Waals surface area contributed by atoms with E-state index in [0.29, 0.717) is 11.8 Å². The number of methoxy groups -OCH3 is 1. The van der Waals surface area contributed by atoms with Gasteiger partial charge < -0.3 is 9.47 Å². The molecule has 0 rings (SSSR count). The molecule has 0 fully saturated rings. The molecule has 1 unspecified atom stereocenters. The highest BCUT2D eigenvalue weighted by atomic mass is 32.2. The van der Waals surface area contributed by atoms with Gasteiger partial charge in [-0.2, -0.15) is 0 Å². The summed E-state index contributed by atoms with van der Waals surface area (Å²) in [5.41, 5.74) is -1.82. The second-order valence-electron chi connectivity index (χ2n) is 1.96. The molecule has 0 saturated carbocycles. The van der Waals surface area contributed by atoms with Crippen LogP contribution in [0.2, 0.25) is 0 Å². The number of thioether (sulfide) groups is 1. The maximum atomic E-state index is 12.8. The van der Waals surface area contributed by atoms with Crippen LogP contribution >= 0.6 is 11.8 Å². The summed E-state index contributed by atoms with van der Waals surface area (Å²) in [7, 11) is 1.19. The van der Waals surface area contributed by atoms with Crippen LogP contribution in [0.3, 0.4) is 0 Å². The lowest BCUT2D eigenvalue weighted by atomic mass is 10.7. The SMILES string of the molecule is CCOC(=O)C(F)SCC(=O)OC. The highest BCUT2D eigenvalue weighted by Gasteiger charge is 2.20. The molecule has 0 heterocycles. The van der Waals surface area contributed by atoms with E-state index >= 15 is 0 Å². The first-order valence-corrected chi connectivity index (χ1v) is 4.65. The minimum Gasteiger partial charge on any atom is -0.468 e. The zero-order valence-corrected chi connectivity index (χ0v) is 8.23. The number of hydrogen-bond acceptors (Lipinski definition) is 5. The van der Waals surface area contributed by atoms with Crippen molar-refractivity contribution in [2.75, 3.05) is 19.5 Å². The van der Waals surface area contributed by atoms with Crippen molar-refractivity contribution in [2.45, 2.75) is 12.4 Å². The van der Waals surface area contributed by atoms with Gasteiger partial charge >= 0.3 is 11.9 Å². The van der Waals surface area contributed by atoms with Crippen LogP contribution in [0.5, 0.6) is 0 Å². The summed E-state index contributed by atoms with van der Waals surface area (Å²) >= 11 is 0.541. The molecule has 0 aromatic heterocycles. The Balaban J connectivity index is 3.67. The maximum absolute atomic E-state index is 12.8. The molecule has 0 bridgehead atoms. The van der Waals surface area contributed by atoms with Crippen molar-refractivity contribution in [2.24, 2.45) is 0 Å². The lowest BCUT2D eigenvalue weighted by Gasteiger charge is -2.05. The summed E-state index contributed by atoms with van der Waals surface area (Å²) in [6.45, 7) is 1.70. The van der Waals surface area contributed by atoms with Crippen LogP contribution in [0.4, 0.5) is 4.39 Å². The van der Waals surface area contributed by atoms with Gasteiger partial charge in [-0.25, -0.2) is 9.18 Å². The molecule has 1 atom stereocenters. The molecule has 0 N–H and O–H groups in total. The highest BCUT2D eigenvalue weighted by Crippen LogP contribution is 2.13. The van der Waals surface area contributed by atoms with Crippen molar-refractivity contribution < 1.29 is 23.5 Å². The molecule has 0 radical (unpaired) electrons. The molecule has 0 aliphatic carbocycles. The topological polar surface area (TPSA) is 52.6 Å². The van der Waals surface area contributed by atoms with E-state index in [1.165, 1.54) is 7.11 Å². The van der Waals surface area contributed by atoms with Gasteiger partial charge in [-0.05, 0) is 6.92 Å². The van der Waals surface area contributed by atoms with Crippen molar-refractivity contribution in [3.63, 3.8) is 0 Å². The van der Waals surface area contributed by atoms with E-state index in [4.69, 9.17) is 0 Å². The number of halogens is 1. The van der Waals surface area contributed by atoms with E-state index < -0.39 is 17.4 Å². The van der Waals surface area contributed by atoms with Gasteiger partial charge in [-0.1, -0.05) is 0 Å². The van der Waals surface area contributed by atoms with Crippen LogP contribution < -0.4 is 0 Å². The lowest BCUT2D eigenvalue weighted by molar-refractivity contribution is -0.145. The standard InChI is InChI=1S/C7H11FO4S/c1-3-12-7(10)6(8)13-4-5(9)11-2/h6H,3-4H2,1-2H3. The van der Waals surface area contributed by atoms with Gasteiger partial charge in [0.05, 0.1) is 19.5 Å². The van der Waals surface area contributed by atoms with Crippen LogP contribution in [0.1, 0.15) is 6.92 Å². The van der Waals surface area contributed by atoms with Gasteiger partial charge in [0, 0.05) is 0 Å². The molecule has 6 heteroatoms. The minimum absolute atomic E-state index is 0.123. The van der Waals surface area contributed by atoms with E-state index in [0.717, 1.165) is 0 Å². The van der Waals surface area contributed by atoms with Gasteiger partial charge in [0.15, 0.2) is 0 Å². The quantitative estimate of drug-likeness (QED) is 0.627. The van der Waals surface area contributed by atoms with E-state index in [1.54, 1.807) is 6.92 Å². The summed E-state index contributed by atoms with van der Waals surface area (Å²) < 4.78 is 21.4. The minimum atomic E-state index is -1.82. The first kappa shape index (κ1) is 12.2. The lowest BCUT2D eigenvalue weighted by Crippen LogP contribution is -2.17. The first-order valence-electron chi connectivity index (χ1n) is 3.61. The fraction of sp³-hybridized carbons (Fsp3) is 0.714. The first-order chi connectivity index (χ1) is 6.11. The fourth-order valence-electron chi connectivity index (χ4n) is 0.476. The Morgan fingerprint density at radius 3 is 2.62 bits per heavy atom. The van der Waals surface area contributed by atoms with Gasteiger partial charge in [-0.3, -0.25) is 4.79 Å². The molecule has 76 valence electrons. The zero-order chi connectivity index (χ0) is 10.3. The Morgan fingerprint density at radius 2 is 2.15 bits per heavy atom. The van der Waals surface area contributed by atoms with Crippen LogP contribution in [0.25, 0.3) is 0 Å². The van der Waals surface area contributed by atoms with Gasteiger partial charge in [0.1, 0.15) is 0 Å². The summed E-state index contributed by atoms with van der Waals surface area (Å²) in [6.07, 6.45) is 0. The summed E-state index contributed by atoms with van der Waals surface area (Å²) in [5.74, 6) is -1.73. The normalized spacial score (nSPS) is 11.9. The third-order valence-corrected chi connectivity index (χ3v) is 1.93. The second kappa shape index (κ2) is 6.71. The molecule has 0 saturated heterocycles. The zero-order valence-electron chi connectivity index (χ0n) is 7.41. The number of rotatable bonds is 5. The summed E-state index contributed by atoms with van der Waals surface area (Å²) in [4.78, 5) is 21.2. The van der Waals surface area contributed by atoms with Crippen molar-refractivity contribution >= 4 is 23.7 Å². The Bertz CT molecular complexity index is 185. The summed E-state index contributed by atoms with van der Waals surface area (Å²) in [6, 6.07) is 0. The van der Waals surface area contributed by atoms with E-state index in [1.807, 2.05) is 0 Å². The van der Waals surface area contributed by atoms with Crippen molar-refractivity contribution in [3.8, 4) is 0 Å². The maximum Gasteiger partial charge on any atom is 0.351 e. The average molecular weight is 210 g/mol. The van der Waals surface area contributed by atoms with Crippen LogP contribution in [-0.4, -0.2) is 36.9 Å². The molecule has 0 spiro atoms. The van der Waals surface area contributed by atoms with Crippen molar-refractivity contribution in [3.05, 3.63) is 0 Å². The number of carbonyl (C=O) groups is 2.